The summed E-state index contributed by atoms with van der Waals surface area (Å²) in [4.78, 5) is 4.53. The molecule has 13 heavy (non-hydrogen) atoms. The molecule has 0 aliphatic rings. The van der Waals surface area contributed by atoms with Gasteiger partial charge in [0.05, 0.1) is 0 Å². The molecule has 1 atom stereocenters. The Kier molecular flexibility index (Phi) is 3.43. The molecule has 2 heteroatoms. The molecule has 0 amide bonds. The molecule has 2 N–H and O–H groups in total. The molecule has 1 aromatic rings. The highest BCUT2D eigenvalue weighted by Crippen LogP contribution is 2.14. The van der Waals surface area contributed by atoms with Crippen LogP contribution in [-0.2, 0) is 6.42 Å². The van der Waals surface area contributed by atoms with Gasteiger partial charge in [-0.1, -0.05) is 19.9 Å². The van der Waals surface area contributed by atoms with E-state index in [-0.39, 0.29) is 0 Å². The molecule has 72 valence electrons. The topological polar surface area (TPSA) is 38.9 Å². The summed E-state index contributed by atoms with van der Waals surface area (Å²) in [5.74, 6) is 0.365. The van der Waals surface area contributed by atoms with Crippen LogP contribution in [0.2, 0.25) is 0 Å². The maximum Gasteiger partial charge on any atom is 0.0447 e. The van der Waals surface area contributed by atoms with Gasteiger partial charge in [0.25, 0.3) is 0 Å². The van der Waals surface area contributed by atoms with E-state index in [1.54, 1.807) is 0 Å². The second-order valence-electron chi connectivity index (χ2n) is 3.47. The molecule has 0 aliphatic carbocycles. The van der Waals surface area contributed by atoms with E-state index in [4.69, 9.17) is 5.73 Å². The van der Waals surface area contributed by atoms with E-state index < -0.39 is 0 Å². The van der Waals surface area contributed by atoms with Gasteiger partial charge in [-0.15, -0.1) is 0 Å². The zero-order valence-electron chi connectivity index (χ0n) is 8.67. The summed E-state index contributed by atoms with van der Waals surface area (Å²) in [5.41, 5.74) is 9.16. The Morgan fingerprint density at radius 2 is 2.15 bits per heavy atom. The first kappa shape index (κ1) is 10.2. The monoisotopic (exact) mass is 178 g/mol. The van der Waals surface area contributed by atoms with Crippen molar-refractivity contribution in [3.8, 4) is 0 Å². The van der Waals surface area contributed by atoms with Gasteiger partial charge in [-0.05, 0) is 25.0 Å². The normalized spacial score (nSPS) is 12.9. The van der Waals surface area contributed by atoms with E-state index in [2.05, 4.69) is 37.9 Å². The summed E-state index contributed by atoms with van der Waals surface area (Å²) in [6.45, 7) is 6.98. The highest BCUT2D eigenvalue weighted by Gasteiger charge is 2.06. The second-order valence-corrected chi connectivity index (χ2v) is 3.47. The molecule has 0 spiro atoms. The van der Waals surface area contributed by atoms with Gasteiger partial charge in [0.2, 0.25) is 0 Å². The quantitative estimate of drug-likeness (QED) is 0.769. The van der Waals surface area contributed by atoms with E-state index in [9.17, 15) is 0 Å². The number of hydrogen-bond donors (Lipinski definition) is 1. The van der Waals surface area contributed by atoms with Crippen LogP contribution in [0, 0.1) is 6.92 Å². The summed E-state index contributed by atoms with van der Waals surface area (Å²) < 4.78 is 0. The van der Waals surface area contributed by atoms with Gasteiger partial charge >= 0.3 is 0 Å². The minimum absolute atomic E-state index is 0.365. The predicted molar refractivity (Wildman–Crippen MR) is 55.8 cm³/mol. The van der Waals surface area contributed by atoms with E-state index in [1.807, 2.05) is 0 Å². The largest absolute Gasteiger partial charge is 0.330 e. The first-order chi connectivity index (χ1) is 6.19. The van der Waals surface area contributed by atoms with Crippen LogP contribution >= 0.6 is 0 Å². The predicted octanol–water partition coefficient (Wildman–Crippen LogP) is 2.01. The number of nitrogens with two attached hydrogens (primary N) is 1. The summed E-state index contributed by atoms with van der Waals surface area (Å²) >= 11 is 0. The lowest BCUT2D eigenvalue weighted by Gasteiger charge is -2.10. The average Bonchev–Trinajstić information content (AvgIpc) is 2.16. The molecule has 2 nitrogen and oxygen atoms in total. The molecule has 0 aromatic carbocycles. The van der Waals surface area contributed by atoms with Crippen molar-refractivity contribution in [2.24, 2.45) is 5.73 Å². The molecule has 0 radical (unpaired) electrons. The van der Waals surface area contributed by atoms with E-state index in [1.165, 1.54) is 5.56 Å². The third-order valence-corrected chi connectivity index (χ3v) is 2.46. The molecule has 0 aliphatic heterocycles. The molecule has 1 rings (SSSR count). The van der Waals surface area contributed by atoms with Crippen LogP contribution in [0.4, 0.5) is 0 Å². The van der Waals surface area contributed by atoms with Crippen molar-refractivity contribution in [1.82, 2.24) is 4.98 Å². The van der Waals surface area contributed by atoms with E-state index in [0.29, 0.717) is 12.5 Å². The maximum atomic E-state index is 5.58. The molecular weight excluding hydrogens is 160 g/mol. The Labute approximate surface area is 80.2 Å². The Morgan fingerprint density at radius 3 is 2.62 bits per heavy atom. The van der Waals surface area contributed by atoms with Gasteiger partial charge in [0.15, 0.2) is 0 Å². The van der Waals surface area contributed by atoms with Gasteiger partial charge in [-0.3, -0.25) is 4.98 Å². The fraction of sp³-hybridized carbons (Fsp3) is 0.545. The van der Waals surface area contributed by atoms with Gasteiger partial charge < -0.3 is 5.73 Å². The minimum Gasteiger partial charge on any atom is -0.330 e. The third kappa shape index (κ3) is 2.28. The smallest absolute Gasteiger partial charge is 0.0447 e. The summed E-state index contributed by atoms with van der Waals surface area (Å²) in [5, 5.41) is 0. The van der Waals surface area contributed by atoms with Gasteiger partial charge in [0, 0.05) is 23.9 Å². The Bertz CT molecular complexity index is 281. The van der Waals surface area contributed by atoms with Crippen molar-refractivity contribution in [2.75, 3.05) is 6.54 Å². The molecule has 0 saturated heterocycles. The van der Waals surface area contributed by atoms with Crippen molar-refractivity contribution in [1.29, 1.82) is 0 Å². The lowest BCUT2D eigenvalue weighted by Crippen LogP contribution is -2.11. The van der Waals surface area contributed by atoms with Crippen LogP contribution in [0.15, 0.2) is 12.1 Å². The second kappa shape index (κ2) is 4.38. The van der Waals surface area contributed by atoms with Crippen molar-refractivity contribution in [3.05, 3.63) is 29.1 Å². The number of aryl methyl sites for hydroxylation is 2. The van der Waals surface area contributed by atoms with Gasteiger partial charge in [0.1, 0.15) is 0 Å². The van der Waals surface area contributed by atoms with Crippen LogP contribution < -0.4 is 5.73 Å². The minimum atomic E-state index is 0.365. The molecule has 0 saturated carbocycles. The first-order valence-electron chi connectivity index (χ1n) is 4.85. The standard InChI is InChI=1S/C11H18N2/c1-4-10-5-6-11(8(2)7-12)13-9(10)3/h5-6,8H,4,7,12H2,1-3H3. The zero-order valence-corrected chi connectivity index (χ0v) is 8.67. The van der Waals surface area contributed by atoms with Gasteiger partial charge in [-0.25, -0.2) is 0 Å². The molecule has 0 bridgehead atoms. The van der Waals surface area contributed by atoms with Crippen molar-refractivity contribution < 1.29 is 0 Å². The molecule has 1 heterocycles. The van der Waals surface area contributed by atoms with Crippen LogP contribution in [-0.4, -0.2) is 11.5 Å². The zero-order chi connectivity index (χ0) is 9.84. The fourth-order valence-electron chi connectivity index (χ4n) is 1.38. The van der Waals surface area contributed by atoms with Crippen LogP contribution in [0.1, 0.15) is 36.7 Å². The van der Waals surface area contributed by atoms with Crippen LogP contribution in [0.3, 0.4) is 0 Å². The Morgan fingerprint density at radius 1 is 1.46 bits per heavy atom. The van der Waals surface area contributed by atoms with Crippen LogP contribution in [0.5, 0.6) is 0 Å². The molecule has 1 unspecified atom stereocenters. The van der Waals surface area contributed by atoms with Crippen molar-refractivity contribution in [2.45, 2.75) is 33.1 Å². The summed E-state index contributed by atoms with van der Waals surface area (Å²) in [7, 11) is 0. The lowest BCUT2D eigenvalue weighted by atomic mass is 10.0. The Hall–Kier alpha value is -0.890. The van der Waals surface area contributed by atoms with Gasteiger partial charge in [-0.2, -0.15) is 0 Å². The third-order valence-electron chi connectivity index (χ3n) is 2.46. The number of hydrogen-bond acceptors (Lipinski definition) is 2. The molecule has 0 fully saturated rings. The maximum absolute atomic E-state index is 5.58. The number of aromatic nitrogens is 1. The molecular formula is C11H18N2. The number of pyridine rings is 1. The number of rotatable bonds is 3. The lowest BCUT2D eigenvalue weighted by molar-refractivity contribution is 0.738. The fourth-order valence-corrected chi connectivity index (χ4v) is 1.38. The van der Waals surface area contributed by atoms with Crippen molar-refractivity contribution >= 4 is 0 Å². The highest BCUT2D eigenvalue weighted by molar-refractivity contribution is 5.23. The summed E-state index contributed by atoms with van der Waals surface area (Å²) in [6.07, 6.45) is 1.05. The highest BCUT2D eigenvalue weighted by atomic mass is 14.7. The van der Waals surface area contributed by atoms with E-state index >= 15 is 0 Å². The SMILES string of the molecule is CCc1ccc(C(C)CN)nc1C. The molecule has 1 aromatic heterocycles. The van der Waals surface area contributed by atoms with E-state index in [0.717, 1.165) is 17.8 Å². The van der Waals surface area contributed by atoms with Crippen molar-refractivity contribution in [3.63, 3.8) is 0 Å². The average molecular weight is 178 g/mol. The Balaban J connectivity index is 2.95. The van der Waals surface area contributed by atoms with Crippen LogP contribution in [0.25, 0.3) is 0 Å². The number of nitrogens with zero attached hydrogens (tertiary/aromatic N) is 1. The first-order valence-corrected chi connectivity index (χ1v) is 4.85. The summed E-state index contributed by atoms with van der Waals surface area (Å²) in [6, 6.07) is 4.24.